The quantitative estimate of drug-likeness (QED) is 0.908. The van der Waals surface area contributed by atoms with Gasteiger partial charge in [0.1, 0.15) is 0 Å². The molecule has 5 nitrogen and oxygen atoms in total. The van der Waals surface area contributed by atoms with Crippen molar-refractivity contribution < 1.29 is 9.47 Å². The summed E-state index contributed by atoms with van der Waals surface area (Å²) >= 11 is 0. The molecule has 0 fully saturated rings. The molecule has 2 heterocycles. The molecule has 2 aromatic rings. The SMILES string of the molecule is CC(NCc1cccc2c1OCO2)c1cnccn1. The maximum atomic E-state index is 5.48. The van der Waals surface area contributed by atoms with Gasteiger partial charge >= 0.3 is 0 Å². The van der Waals surface area contributed by atoms with Gasteiger partial charge in [0.2, 0.25) is 6.79 Å². The summed E-state index contributed by atoms with van der Waals surface area (Å²) in [7, 11) is 0. The van der Waals surface area contributed by atoms with Crippen LogP contribution in [-0.2, 0) is 6.54 Å². The number of para-hydroxylation sites is 1. The molecule has 0 radical (unpaired) electrons. The Morgan fingerprint density at radius 2 is 2.26 bits per heavy atom. The van der Waals surface area contributed by atoms with Crippen LogP contribution in [0, 0.1) is 0 Å². The van der Waals surface area contributed by atoms with Crippen molar-refractivity contribution >= 4 is 0 Å². The van der Waals surface area contributed by atoms with Gasteiger partial charge < -0.3 is 14.8 Å². The van der Waals surface area contributed by atoms with Crippen LogP contribution < -0.4 is 14.8 Å². The molecule has 1 N–H and O–H groups in total. The summed E-state index contributed by atoms with van der Waals surface area (Å²) in [6, 6.07) is 6.05. The second-order valence-corrected chi connectivity index (χ2v) is 4.38. The van der Waals surface area contributed by atoms with Crippen LogP contribution in [0.1, 0.15) is 24.2 Å². The van der Waals surface area contributed by atoms with Crippen LogP contribution in [-0.4, -0.2) is 16.8 Å². The molecule has 0 aliphatic carbocycles. The fourth-order valence-electron chi connectivity index (χ4n) is 2.03. The van der Waals surface area contributed by atoms with E-state index in [0.717, 1.165) is 22.8 Å². The number of ether oxygens (including phenoxy) is 2. The highest BCUT2D eigenvalue weighted by molar-refractivity contribution is 5.48. The minimum atomic E-state index is 0.131. The van der Waals surface area contributed by atoms with E-state index in [9.17, 15) is 0 Å². The highest BCUT2D eigenvalue weighted by Gasteiger charge is 2.17. The lowest BCUT2D eigenvalue weighted by Gasteiger charge is -2.13. The summed E-state index contributed by atoms with van der Waals surface area (Å²) in [5.41, 5.74) is 2.01. The molecule has 0 bridgehead atoms. The zero-order valence-corrected chi connectivity index (χ0v) is 10.7. The summed E-state index contributed by atoms with van der Waals surface area (Å²) in [4.78, 5) is 8.35. The third-order valence-electron chi connectivity index (χ3n) is 3.10. The van der Waals surface area contributed by atoms with Gasteiger partial charge in [-0.05, 0) is 13.0 Å². The van der Waals surface area contributed by atoms with E-state index in [4.69, 9.17) is 9.47 Å². The Kier molecular flexibility index (Phi) is 3.29. The van der Waals surface area contributed by atoms with Crippen LogP contribution in [0.15, 0.2) is 36.8 Å². The Balaban J connectivity index is 1.69. The average Bonchev–Trinajstić information content (AvgIpc) is 2.94. The minimum absolute atomic E-state index is 0.131. The molecule has 0 spiro atoms. The van der Waals surface area contributed by atoms with E-state index in [2.05, 4.69) is 22.2 Å². The molecule has 0 saturated carbocycles. The molecule has 3 rings (SSSR count). The van der Waals surface area contributed by atoms with Crippen LogP contribution in [0.3, 0.4) is 0 Å². The third kappa shape index (κ3) is 2.51. The highest BCUT2D eigenvalue weighted by atomic mass is 16.7. The molecule has 0 amide bonds. The molecular weight excluding hydrogens is 242 g/mol. The largest absolute Gasteiger partial charge is 0.454 e. The van der Waals surface area contributed by atoms with E-state index >= 15 is 0 Å². The lowest BCUT2D eigenvalue weighted by atomic mass is 10.1. The van der Waals surface area contributed by atoms with Crippen molar-refractivity contribution in [3.63, 3.8) is 0 Å². The van der Waals surface area contributed by atoms with Crippen LogP contribution in [0.5, 0.6) is 11.5 Å². The van der Waals surface area contributed by atoms with Crippen LogP contribution in [0.4, 0.5) is 0 Å². The van der Waals surface area contributed by atoms with E-state index in [-0.39, 0.29) is 6.04 Å². The number of nitrogens with zero attached hydrogens (tertiary/aromatic N) is 2. The summed E-state index contributed by atoms with van der Waals surface area (Å²) < 4.78 is 10.8. The van der Waals surface area contributed by atoms with E-state index in [1.165, 1.54) is 0 Å². The monoisotopic (exact) mass is 257 g/mol. The van der Waals surface area contributed by atoms with E-state index in [0.29, 0.717) is 13.3 Å². The molecule has 5 heteroatoms. The van der Waals surface area contributed by atoms with Gasteiger partial charge in [0.15, 0.2) is 11.5 Å². The molecule has 1 unspecified atom stereocenters. The van der Waals surface area contributed by atoms with Gasteiger partial charge in [-0.1, -0.05) is 12.1 Å². The summed E-state index contributed by atoms with van der Waals surface area (Å²) in [6.45, 7) is 3.06. The van der Waals surface area contributed by atoms with Gasteiger partial charge in [-0.25, -0.2) is 0 Å². The van der Waals surface area contributed by atoms with Gasteiger partial charge in [0, 0.05) is 36.7 Å². The molecule has 1 aliphatic heterocycles. The van der Waals surface area contributed by atoms with Crippen LogP contribution in [0.2, 0.25) is 0 Å². The minimum Gasteiger partial charge on any atom is -0.454 e. The predicted octanol–water partition coefficient (Wildman–Crippen LogP) is 2.06. The number of aromatic nitrogens is 2. The summed E-state index contributed by atoms with van der Waals surface area (Å²) in [6.07, 6.45) is 5.14. The Morgan fingerprint density at radius 1 is 1.32 bits per heavy atom. The predicted molar refractivity (Wildman–Crippen MR) is 69.9 cm³/mol. The van der Waals surface area contributed by atoms with Crippen molar-refractivity contribution in [1.82, 2.24) is 15.3 Å². The topological polar surface area (TPSA) is 56.3 Å². The van der Waals surface area contributed by atoms with Crippen molar-refractivity contribution in [2.75, 3.05) is 6.79 Å². The number of hydrogen-bond acceptors (Lipinski definition) is 5. The number of benzene rings is 1. The number of fused-ring (bicyclic) bond motifs is 1. The molecule has 19 heavy (non-hydrogen) atoms. The molecule has 0 saturated heterocycles. The zero-order chi connectivity index (χ0) is 13.1. The van der Waals surface area contributed by atoms with Gasteiger partial charge in [0.05, 0.1) is 5.69 Å². The standard InChI is InChI=1S/C14H15N3O2/c1-10(12-8-15-5-6-16-12)17-7-11-3-2-4-13-14(11)19-9-18-13/h2-6,8,10,17H,7,9H2,1H3. The van der Waals surface area contributed by atoms with E-state index < -0.39 is 0 Å². The average molecular weight is 257 g/mol. The second kappa shape index (κ2) is 5.24. The molecule has 1 atom stereocenters. The molecule has 98 valence electrons. The second-order valence-electron chi connectivity index (χ2n) is 4.38. The first kappa shape index (κ1) is 11.9. The zero-order valence-electron chi connectivity index (χ0n) is 10.7. The first-order valence-corrected chi connectivity index (χ1v) is 6.21. The van der Waals surface area contributed by atoms with Crippen molar-refractivity contribution in [2.24, 2.45) is 0 Å². The maximum absolute atomic E-state index is 5.48. The first-order chi connectivity index (χ1) is 9.34. The lowest BCUT2D eigenvalue weighted by molar-refractivity contribution is 0.173. The molecule has 1 aromatic carbocycles. The lowest BCUT2D eigenvalue weighted by Crippen LogP contribution is -2.19. The van der Waals surface area contributed by atoms with Crippen molar-refractivity contribution in [2.45, 2.75) is 19.5 Å². The first-order valence-electron chi connectivity index (χ1n) is 6.21. The summed E-state index contributed by atoms with van der Waals surface area (Å²) in [5, 5.41) is 3.41. The normalized spacial score (nSPS) is 14.4. The smallest absolute Gasteiger partial charge is 0.231 e. The van der Waals surface area contributed by atoms with Gasteiger partial charge in [-0.2, -0.15) is 0 Å². The number of hydrogen-bond donors (Lipinski definition) is 1. The fraction of sp³-hybridized carbons (Fsp3) is 0.286. The Bertz CT molecular complexity index is 560. The van der Waals surface area contributed by atoms with Crippen LogP contribution in [0.25, 0.3) is 0 Å². The molecule has 1 aliphatic rings. The third-order valence-corrected chi connectivity index (χ3v) is 3.10. The van der Waals surface area contributed by atoms with Gasteiger partial charge in [0.25, 0.3) is 0 Å². The molecule has 1 aromatic heterocycles. The van der Waals surface area contributed by atoms with Gasteiger partial charge in [-0.15, -0.1) is 0 Å². The number of rotatable bonds is 4. The fourth-order valence-corrected chi connectivity index (χ4v) is 2.03. The van der Waals surface area contributed by atoms with Crippen molar-refractivity contribution in [3.05, 3.63) is 48.0 Å². The number of nitrogens with one attached hydrogen (secondary N) is 1. The Labute approximate surface area is 111 Å². The van der Waals surface area contributed by atoms with Crippen molar-refractivity contribution in [3.8, 4) is 11.5 Å². The molecular formula is C14H15N3O2. The van der Waals surface area contributed by atoms with E-state index in [1.54, 1.807) is 18.6 Å². The Hall–Kier alpha value is -2.14. The van der Waals surface area contributed by atoms with Gasteiger partial charge in [-0.3, -0.25) is 9.97 Å². The summed E-state index contributed by atoms with van der Waals surface area (Å²) in [5.74, 6) is 1.65. The van der Waals surface area contributed by atoms with Crippen LogP contribution >= 0.6 is 0 Å². The highest BCUT2D eigenvalue weighted by Crippen LogP contribution is 2.35. The van der Waals surface area contributed by atoms with E-state index in [1.807, 2.05) is 18.2 Å². The maximum Gasteiger partial charge on any atom is 0.231 e. The Morgan fingerprint density at radius 3 is 3.11 bits per heavy atom. The van der Waals surface area contributed by atoms with Crippen molar-refractivity contribution in [1.29, 1.82) is 0 Å².